The standard InChI is InChI=1S/C19H21N3O4S2/c1-13-8-9-14(22-10-5-11-28(22,25)26)12-16(13)21-19(24)18(23)20-15-6-3-4-7-17(15)27-2/h3-4,6-9,12H,5,10-11H2,1-2H3,(H,20,23)(H,21,24). The first-order valence-electron chi connectivity index (χ1n) is 8.68. The Morgan fingerprint density at radius 2 is 1.71 bits per heavy atom. The van der Waals surface area contributed by atoms with Gasteiger partial charge in [0, 0.05) is 17.1 Å². The predicted molar refractivity (Wildman–Crippen MR) is 112 cm³/mol. The van der Waals surface area contributed by atoms with Gasteiger partial charge in [-0.2, -0.15) is 0 Å². The fourth-order valence-corrected chi connectivity index (χ4v) is 5.05. The Labute approximate surface area is 168 Å². The summed E-state index contributed by atoms with van der Waals surface area (Å²) in [5.74, 6) is -1.50. The number of aryl methyl sites for hydroxylation is 1. The second-order valence-electron chi connectivity index (χ2n) is 6.35. The zero-order valence-electron chi connectivity index (χ0n) is 15.6. The van der Waals surface area contributed by atoms with Crippen molar-refractivity contribution < 1.29 is 18.0 Å². The number of amides is 2. The fourth-order valence-electron chi connectivity index (χ4n) is 2.94. The molecule has 1 aliphatic heterocycles. The van der Waals surface area contributed by atoms with Gasteiger partial charge in [0.15, 0.2) is 0 Å². The van der Waals surface area contributed by atoms with E-state index in [0.717, 1.165) is 10.5 Å². The van der Waals surface area contributed by atoms with Gasteiger partial charge < -0.3 is 10.6 Å². The molecule has 3 rings (SSSR count). The molecule has 2 aromatic carbocycles. The zero-order chi connectivity index (χ0) is 20.3. The molecule has 9 heteroatoms. The minimum Gasteiger partial charge on any atom is -0.317 e. The molecule has 0 unspecified atom stereocenters. The van der Waals surface area contributed by atoms with Crippen molar-refractivity contribution in [2.75, 3.05) is 33.5 Å². The minimum atomic E-state index is -3.32. The molecule has 1 fully saturated rings. The lowest BCUT2D eigenvalue weighted by atomic mass is 10.1. The maximum Gasteiger partial charge on any atom is 0.314 e. The second kappa shape index (κ2) is 8.24. The number of nitrogens with zero attached hydrogens (tertiary/aromatic N) is 1. The third-order valence-electron chi connectivity index (χ3n) is 4.42. The summed E-state index contributed by atoms with van der Waals surface area (Å²) >= 11 is 1.46. The highest BCUT2D eigenvalue weighted by atomic mass is 32.2. The van der Waals surface area contributed by atoms with E-state index >= 15 is 0 Å². The maximum absolute atomic E-state index is 12.4. The van der Waals surface area contributed by atoms with E-state index in [2.05, 4.69) is 10.6 Å². The average molecular weight is 420 g/mol. The van der Waals surface area contributed by atoms with Gasteiger partial charge in [-0.3, -0.25) is 13.9 Å². The SMILES string of the molecule is CSc1ccccc1NC(=O)C(=O)Nc1cc(N2CCCS2(=O)=O)ccc1C. The topological polar surface area (TPSA) is 95.6 Å². The minimum absolute atomic E-state index is 0.111. The van der Waals surface area contributed by atoms with Crippen LogP contribution in [0, 0.1) is 6.92 Å². The quantitative estimate of drug-likeness (QED) is 0.587. The number of nitrogens with one attached hydrogen (secondary N) is 2. The van der Waals surface area contributed by atoms with Gasteiger partial charge >= 0.3 is 11.8 Å². The number of hydrogen-bond acceptors (Lipinski definition) is 5. The number of hydrogen-bond donors (Lipinski definition) is 2. The van der Waals surface area contributed by atoms with Crippen molar-refractivity contribution in [3.05, 3.63) is 48.0 Å². The van der Waals surface area contributed by atoms with Crippen LogP contribution in [0.1, 0.15) is 12.0 Å². The summed E-state index contributed by atoms with van der Waals surface area (Å²) in [6.07, 6.45) is 2.45. The summed E-state index contributed by atoms with van der Waals surface area (Å²) in [4.78, 5) is 25.5. The van der Waals surface area contributed by atoms with Crippen LogP contribution in [0.5, 0.6) is 0 Å². The van der Waals surface area contributed by atoms with E-state index in [-0.39, 0.29) is 5.75 Å². The first-order chi connectivity index (χ1) is 13.3. The van der Waals surface area contributed by atoms with Crippen LogP contribution in [0.3, 0.4) is 0 Å². The highest BCUT2D eigenvalue weighted by Crippen LogP contribution is 2.29. The van der Waals surface area contributed by atoms with Crippen molar-refractivity contribution in [2.45, 2.75) is 18.2 Å². The Kier molecular flexibility index (Phi) is 5.95. The first-order valence-corrected chi connectivity index (χ1v) is 11.5. The first kappa shape index (κ1) is 20.2. The van der Waals surface area contributed by atoms with Gasteiger partial charge in [-0.1, -0.05) is 18.2 Å². The Morgan fingerprint density at radius 1 is 1.04 bits per heavy atom. The zero-order valence-corrected chi connectivity index (χ0v) is 17.2. The largest absolute Gasteiger partial charge is 0.317 e. The molecule has 7 nitrogen and oxygen atoms in total. The van der Waals surface area contributed by atoms with Crippen LogP contribution >= 0.6 is 11.8 Å². The van der Waals surface area contributed by atoms with E-state index in [0.29, 0.717) is 30.0 Å². The summed E-state index contributed by atoms with van der Waals surface area (Å²) < 4.78 is 25.6. The summed E-state index contributed by atoms with van der Waals surface area (Å²) in [5.41, 5.74) is 2.17. The van der Waals surface area contributed by atoms with Gasteiger partial charge in [-0.25, -0.2) is 8.42 Å². The average Bonchev–Trinajstić information content (AvgIpc) is 3.03. The van der Waals surface area contributed by atoms with Crippen molar-refractivity contribution in [1.29, 1.82) is 0 Å². The maximum atomic E-state index is 12.4. The smallest absolute Gasteiger partial charge is 0.314 e. The highest BCUT2D eigenvalue weighted by molar-refractivity contribution is 7.98. The third kappa shape index (κ3) is 4.31. The molecule has 0 radical (unpaired) electrons. The number of carbonyl (C=O) groups excluding carboxylic acids is 2. The van der Waals surface area contributed by atoms with E-state index < -0.39 is 21.8 Å². The lowest BCUT2D eigenvalue weighted by molar-refractivity contribution is -0.133. The molecule has 1 saturated heterocycles. The molecule has 2 amide bonds. The number of para-hydroxylation sites is 1. The molecule has 2 N–H and O–H groups in total. The number of rotatable bonds is 4. The van der Waals surface area contributed by atoms with E-state index in [1.54, 1.807) is 37.3 Å². The normalized spacial score (nSPS) is 15.3. The molecule has 148 valence electrons. The van der Waals surface area contributed by atoms with Gasteiger partial charge in [0.2, 0.25) is 10.0 Å². The number of benzene rings is 2. The van der Waals surface area contributed by atoms with Crippen LogP contribution in [0.25, 0.3) is 0 Å². The van der Waals surface area contributed by atoms with E-state index in [1.165, 1.54) is 16.1 Å². The molecular formula is C19H21N3O4S2. The molecule has 0 aromatic heterocycles. The van der Waals surface area contributed by atoms with Crippen molar-refractivity contribution >= 4 is 50.7 Å². The van der Waals surface area contributed by atoms with E-state index in [4.69, 9.17) is 0 Å². The molecule has 1 aliphatic rings. The molecule has 0 aliphatic carbocycles. The summed E-state index contributed by atoms with van der Waals surface area (Å²) in [6, 6.07) is 12.2. The van der Waals surface area contributed by atoms with Crippen LogP contribution in [0.15, 0.2) is 47.4 Å². The number of sulfonamides is 1. The van der Waals surface area contributed by atoms with Gasteiger partial charge in [0.25, 0.3) is 0 Å². The van der Waals surface area contributed by atoms with Crippen LogP contribution in [0.4, 0.5) is 17.1 Å². The molecule has 0 bridgehead atoms. The predicted octanol–water partition coefficient (Wildman–Crippen LogP) is 2.83. The van der Waals surface area contributed by atoms with Crippen LogP contribution in [-0.2, 0) is 19.6 Å². The molecule has 0 atom stereocenters. The second-order valence-corrected chi connectivity index (χ2v) is 9.21. The molecular weight excluding hydrogens is 398 g/mol. The Hall–Kier alpha value is -2.52. The van der Waals surface area contributed by atoms with E-state index in [1.807, 2.05) is 18.4 Å². The van der Waals surface area contributed by atoms with Crippen molar-refractivity contribution in [2.24, 2.45) is 0 Å². The molecule has 1 heterocycles. The van der Waals surface area contributed by atoms with Gasteiger partial charge in [0.1, 0.15) is 0 Å². The van der Waals surface area contributed by atoms with E-state index in [9.17, 15) is 18.0 Å². The molecule has 2 aromatic rings. The van der Waals surface area contributed by atoms with Crippen LogP contribution in [0.2, 0.25) is 0 Å². The monoisotopic (exact) mass is 419 g/mol. The number of anilines is 3. The van der Waals surface area contributed by atoms with Crippen molar-refractivity contribution in [3.8, 4) is 0 Å². The van der Waals surface area contributed by atoms with Crippen LogP contribution in [-0.4, -0.2) is 38.8 Å². The molecule has 28 heavy (non-hydrogen) atoms. The summed E-state index contributed by atoms with van der Waals surface area (Å²) in [5, 5.41) is 5.19. The summed E-state index contributed by atoms with van der Waals surface area (Å²) in [7, 11) is -3.32. The van der Waals surface area contributed by atoms with Gasteiger partial charge in [-0.15, -0.1) is 11.8 Å². The van der Waals surface area contributed by atoms with Gasteiger partial charge in [-0.05, 0) is 49.4 Å². The third-order valence-corrected chi connectivity index (χ3v) is 7.08. The van der Waals surface area contributed by atoms with Crippen molar-refractivity contribution in [3.63, 3.8) is 0 Å². The lowest BCUT2D eigenvalue weighted by Crippen LogP contribution is -2.30. The molecule has 0 spiro atoms. The van der Waals surface area contributed by atoms with Crippen LogP contribution < -0.4 is 14.9 Å². The number of carbonyl (C=O) groups is 2. The van der Waals surface area contributed by atoms with Crippen molar-refractivity contribution in [1.82, 2.24) is 0 Å². The Morgan fingerprint density at radius 3 is 2.36 bits per heavy atom. The Balaban J connectivity index is 1.76. The summed E-state index contributed by atoms with van der Waals surface area (Å²) in [6.45, 7) is 2.18. The fraction of sp³-hybridized carbons (Fsp3) is 0.263. The van der Waals surface area contributed by atoms with Gasteiger partial charge in [0.05, 0.1) is 17.1 Å². The number of thioether (sulfide) groups is 1. The Bertz CT molecular complexity index is 1020. The lowest BCUT2D eigenvalue weighted by Gasteiger charge is -2.19. The molecule has 0 saturated carbocycles. The highest BCUT2D eigenvalue weighted by Gasteiger charge is 2.29.